The van der Waals surface area contributed by atoms with Gasteiger partial charge in [-0.1, -0.05) is 13.0 Å². The third-order valence-corrected chi connectivity index (χ3v) is 4.30. The Kier molecular flexibility index (Phi) is 6.78. The lowest BCUT2D eigenvalue weighted by Crippen LogP contribution is -2.38. The minimum Gasteiger partial charge on any atom is -0.313 e. The zero-order valence-electron chi connectivity index (χ0n) is 11.6. The zero-order valence-corrected chi connectivity index (χ0v) is 12.4. The van der Waals surface area contributed by atoms with Crippen LogP contribution < -0.4 is 5.32 Å². The van der Waals surface area contributed by atoms with E-state index in [1.807, 2.05) is 11.3 Å². The van der Waals surface area contributed by atoms with E-state index in [1.54, 1.807) is 0 Å². The average molecular weight is 254 g/mol. The maximum Gasteiger partial charge on any atom is 0.0113 e. The average Bonchev–Trinajstić information content (AvgIpc) is 2.81. The van der Waals surface area contributed by atoms with Crippen LogP contribution in [0.2, 0.25) is 0 Å². The predicted molar refractivity (Wildman–Crippen MR) is 77.9 cm³/mol. The van der Waals surface area contributed by atoms with E-state index in [0.29, 0.717) is 12.1 Å². The van der Waals surface area contributed by atoms with E-state index in [9.17, 15) is 0 Å². The van der Waals surface area contributed by atoms with Crippen molar-refractivity contribution in [3.05, 3.63) is 22.4 Å². The van der Waals surface area contributed by atoms with Gasteiger partial charge in [0.15, 0.2) is 0 Å². The van der Waals surface area contributed by atoms with Crippen molar-refractivity contribution in [2.75, 3.05) is 20.1 Å². The third kappa shape index (κ3) is 5.66. The predicted octanol–water partition coefficient (Wildman–Crippen LogP) is 3.00. The van der Waals surface area contributed by atoms with Gasteiger partial charge in [0.25, 0.3) is 0 Å². The van der Waals surface area contributed by atoms with Gasteiger partial charge < -0.3 is 10.2 Å². The molecule has 0 radical (unpaired) electrons. The van der Waals surface area contributed by atoms with E-state index in [0.717, 1.165) is 19.5 Å². The summed E-state index contributed by atoms with van der Waals surface area (Å²) < 4.78 is 0. The van der Waals surface area contributed by atoms with Gasteiger partial charge in [-0.3, -0.25) is 0 Å². The number of nitrogens with zero attached hydrogens (tertiary/aromatic N) is 1. The molecule has 1 aromatic heterocycles. The van der Waals surface area contributed by atoms with E-state index in [-0.39, 0.29) is 0 Å². The van der Waals surface area contributed by atoms with Crippen molar-refractivity contribution in [2.24, 2.45) is 0 Å². The van der Waals surface area contributed by atoms with Crippen LogP contribution in [-0.4, -0.2) is 37.1 Å². The van der Waals surface area contributed by atoms with Gasteiger partial charge in [0.05, 0.1) is 0 Å². The number of rotatable bonds is 8. The second-order valence-electron chi connectivity index (χ2n) is 4.88. The molecule has 1 aromatic rings. The number of thiophene rings is 1. The smallest absolute Gasteiger partial charge is 0.0113 e. The SMILES string of the molecule is CCC(C)NCCN(C)C(C)Cc1cccs1. The Morgan fingerprint density at radius 3 is 2.76 bits per heavy atom. The molecule has 1 N–H and O–H groups in total. The van der Waals surface area contributed by atoms with Crippen LogP contribution in [0.4, 0.5) is 0 Å². The van der Waals surface area contributed by atoms with E-state index in [4.69, 9.17) is 0 Å². The zero-order chi connectivity index (χ0) is 12.7. The molecule has 1 rings (SSSR count). The topological polar surface area (TPSA) is 15.3 Å². The normalized spacial score (nSPS) is 15.1. The molecule has 1 heterocycles. The van der Waals surface area contributed by atoms with E-state index in [1.165, 1.54) is 11.3 Å². The molecule has 0 saturated carbocycles. The summed E-state index contributed by atoms with van der Waals surface area (Å²) >= 11 is 1.86. The van der Waals surface area contributed by atoms with Gasteiger partial charge in [-0.2, -0.15) is 0 Å². The van der Waals surface area contributed by atoms with Gasteiger partial charge >= 0.3 is 0 Å². The molecular formula is C14H26N2S. The van der Waals surface area contributed by atoms with Gasteiger partial charge in [-0.05, 0) is 45.2 Å². The molecule has 2 unspecified atom stereocenters. The van der Waals surface area contributed by atoms with Crippen LogP contribution in [0.25, 0.3) is 0 Å². The first-order valence-corrected chi connectivity index (χ1v) is 7.47. The van der Waals surface area contributed by atoms with Crippen molar-refractivity contribution in [1.82, 2.24) is 10.2 Å². The molecule has 2 atom stereocenters. The summed E-state index contributed by atoms with van der Waals surface area (Å²) in [7, 11) is 2.22. The summed E-state index contributed by atoms with van der Waals surface area (Å²) in [5, 5.41) is 5.70. The Bertz CT molecular complexity index is 284. The quantitative estimate of drug-likeness (QED) is 0.767. The highest BCUT2D eigenvalue weighted by Gasteiger charge is 2.10. The summed E-state index contributed by atoms with van der Waals surface area (Å²) in [5.74, 6) is 0. The fraction of sp³-hybridized carbons (Fsp3) is 0.714. The Hall–Kier alpha value is -0.380. The summed E-state index contributed by atoms with van der Waals surface area (Å²) in [4.78, 5) is 3.92. The van der Waals surface area contributed by atoms with Crippen molar-refractivity contribution in [1.29, 1.82) is 0 Å². The molecule has 0 saturated heterocycles. The van der Waals surface area contributed by atoms with Crippen molar-refractivity contribution in [3.8, 4) is 0 Å². The standard InChI is InChI=1S/C14H26N2S/c1-5-12(2)15-8-9-16(4)13(3)11-14-7-6-10-17-14/h6-7,10,12-13,15H,5,8-9,11H2,1-4H3. The Morgan fingerprint density at radius 2 is 2.18 bits per heavy atom. The van der Waals surface area contributed by atoms with E-state index < -0.39 is 0 Å². The first kappa shape index (κ1) is 14.7. The number of hydrogen-bond acceptors (Lipinski definition) is 3. The summed E-state index contributed by atoms with van der Waals surface area (Å²) in [6, 6.07) is 5.62. The highest BCUT2D eigenvalue weighted by atomic mass is 32.1. The maximum atomic E-state index is 3.54. The summed E-state index contributed by atoms with van der Waals surface area (Å²) in [6.45, 7) is 8.98. The lowest BCUT2D eigenvalue weighted by molar-refractivity contribution is 0.253. The molecule has 17 heavy (non-hydrogen) atoms. The molecule has 0 amide bonds. The van der Waals surface area contributed by atoms with Gasteiger partial charge in [-0.15, -0.1) is 11.3 Å². The molecule has 0 aliphatic heterocycles. The minimum absolute atomic E-state index is 0.618. The Morgan fingerprint density at radius 1 is 1.41 bits per heavy atom. The molecule has 3 heteroatoms. The maximum absolute atomic E-state index is 3.54. The van der Waals surface area contributed by atoms with Crippen LogP contribution in [0, 0.1) is 0 Å². The Labute approximate surface area is 110 Å². The second-order valence-corrected chi connectivity index (χ2v) is 5.91. The first-order valence-electron chi connectivity index (χ1n) is 6.59. The largest absolute Gasteiger partial charge is 0.313 e. The van der Waals surface area contributed by atoms with Crippen LogP contribution in [-0.2, 0) is 6.42 Å². The Balaban J connectivity index is 2.20. The van der Waals surface area contributed by atoms with Crippen molar-refractivity contribution in [2.45, 2.75) is 45.7 Å². The fourth-order valence-electron chi connectivity index (χ4n) is 1.73. The molecule has 0 aliphatic rings. The highest BCUT2D eigenvalue weighted by molar-refractivity contribution is 7.09. The molecule has 0 aliphatic carbocycles. The molecule has 0 bridgehead atoms. The number of nitrogens with one attached hydrogen (secondary N) is 1. The fourth-order valence-corrected chi connectivity index (χ4v) is 2.55. The monoisotopic (exact) mass is 254 g/mol. The van der Waals surface area contributed by atoms with Gasteiger partial charge in [-0.25, -0.2) is 0 Å². The number of hydrogen-bond donors (Lipinski definition) is 1. The van der Waals surface area contributed by atoms with Crippen LogP contribution >= 0.6 is 11.3 Å². The molecule has 0 spiro atoms. The molecule has 0 aromatic carbocycles. The summed E-state index contributed by atoms with van der Waals surface area (Å²) in [5.41, 5.74) is 0. The van der Waals surface area contributed by atoms with E-state index in [2.05, 4.69) is 55.5 Å². The van der Waals surface area contributed by atoms with Crippen LogP contribution in [0.15, 0.2) is 17.5 Å². The minimum atomic E-state index is 0.618. The third-order valence-electron chi connectivity index (χ3n) is 3.40. The van der Waals surface area contributed by atoms with Crippen LogP contribution in [0.5, 0.6) is 0 Å². The van der Waals surface area contributed by atoms with Gasteiger partial charge in [0.1, 0.15) is 0 Å². The van der Waals surface area contributed by atoms with Crippen LogP contribution in [0.3, 0.4) is 0 Å². The lowest BCUT2D eigenvalue weighted by atomic mass is 10.2. The van der Waals surface area contributed by atoms with E-state index >= 15 is 0 Å². The first-order chi connectivity index (χ1) is 8.13. The molecular weight excluding hydrogens is 228 g/mol. The van der Waals surface area contributed by atoms with Crippen molar-refractivity contribution in [3.63, 3.8) is 0 Å². The summed E-state index contributed by atoms with van der Waals surface area (Å²) in [6.07, 6.45) is 2.37. The number of likely N-dealkylation sites (N-methyl/N-ethyl adjacent to an activating group) is 1. The van der Waals surface area contributed by atoms with Crippen LogP contribution in [0.1, 0.15) is 32.1 Å². The lowest BCUT2D eigenvalue weighted by Gasteiger charge is -2.25. The van der Waals surface area contributed by atoms with Gasteiger partial charge in [0, 0.05) is 30.1 Å². The second kappa shape index (κ2) is 7.85. The molecule has 2 nitrogen and oxygen atoms in total. The van der Waals surface area contributed by atoms with Gasteiger partial charge in [0.2, 0.25) is 0 Å². The highest BCUT2D eigenvalue weighted by Crippen LogP contribution is 2.13. The molecule has 0 fully saturated rings. The molecule has 98 valence electrons. The van der Waals surface area contributed by atoms with Crippen molar-refractivity contribution >= 4 is 11.3 Å². The van der Waals surface area contributed by atoms with Crippen molar-refractivity contribution < 1.29 is 0 Å².